The van der Waals surface area contributed by atoms with E-state index >= 15 is 0 Å². The van der Waals surface area contributed by atoms with E-state index in [4.69, 9.17) is 0 Å². The predicted octanol–water partition coefficient (Wildman–Crippen LogP) is 4.12. The van der Waals surface area contributed by atoms with Crippen LogP contribution in [0.25, 0.3) is 0 Å². The summed E-state index contributed by atoms with van der Waals surface area (Å²) in [6.07, 6.45) is 14.9. The molecule has 2 fully saturated rings. The molecule has 0 aromatic rings. The minimum Gasteiger partial charge on any atom is -0.321 e. The fourth-order valence-electron chi connectivity index (χ4n) is 3.97. The molecule has 94 valence electrons. The van der Waals surface area contributed by atoms with E-state index in [1.54, 1.807) is 0 Å². The molecular formula is C15H30N+. The van der Waals surface area contributed by atoms with E-state index in [1.165, 1.54) is 75.2 Å². The van der Waals surface area contributed by atoms with E-state index in [0.29, 0.717) is 0 Å². The molecule has 1 saturated heterocycles. The summed E-state index contributed by atoms with van der Waals surface area (Å²) in [7, 11) is 2.55. The highest BCUT2D eigenvalue weighted by atomic mass is 15.4. The molecule has 0 radical (unpaired) electrons. The molecule has 2 aliphatic rings. The molecule has 16 heavy (non-hydrogen) atoms. The number of hydrogen-bond acceptors (Lipinski definition) is 0. The summed E-state index contributed by atoms with van der Waals surface area (Å²) in [4.78, 5) is 0. The van der Waals surface area contributed by atoms with Crippen molar-refractivity contribution in [2.24, 2.45) is 0 Å². The van der Waals surface area contributed by atoms with Crippen molar-refractivity contribution >= 4 is 0 Å². The van der Waals surface area contributed by atoms with Crippen LogP contribution in [0.2, 0.25) is 0 Å². The SMILES string of the molecule is CC1CCCC[N+]1(C)C1CCCCCCC1. The molecule has 1 saturated carbocycles. The standard InChI is InChI=1S/C15H30N/c1-14-10-8-9-13-16(14,2)15-11-6-4-3-5-7-12-15/h14-15H,3-13H2,1-2H3/q+1. The smallest absolute Gasteiger partial charge is 0.0890 e. The molecule has 1 heteroatoms. The zero-order valence-electron chi connectivity index (χ0n) is 11.4. The summed E-state index contributed by atoms with van der Waals surface area (Å²) in [6, 6.07) is 1.90. The number of quaternary nitrogens is 1. The molecule has 1 aliphatic heterocycles. The second kappa shape index (κ2) is 5.53. The third-order valence-electron chi connectivity index (χ3n) is 5.43. The van der Waals surface area contributed by atoms with Gasteiger partial charge in [-0.2, -0.15) is 0 Å². The molecule has 2 rings (SSSR count). The first-order chi connectivity index (χ1) is 7.73. The maximum Gasteiger partial charge on any atom is 0.0890 e. The Hall–Kier alpha value is -0.0400. The third kappa shape index (κ3) is 2.61. The molecule has 1 nitrogen and oxygen atoms in total. The van der Waals surface area contributed by atoms with Crippen LogP contribution in [-0.2, 0) is 0 Å². The van der Waals surface area contributed by atoms with Gasteiger partial charge < -0.3 is 4.48 Å². The van der Waals surface area contributed by atoms with Gasteiger partial charge >= 0.3 is 0 Å². The summed E-state index contributed by atoms with van der Waals surface area (Å²) in [5.41, 5.74) is 0. The van der Waals surface area contributed by atoms with E-state index in [-0.39, 0.29) is 0 Å². The topological polar surface area (TPSA) is 0 Å². The van der Waals surface area contributed by atoms with Gasteiger partial charge in [0.1, 0.15) is 0 Å². The van der Waals surface area contributed by atoms with Crippen LogP contribution in [0.4, 0.5) is 0 Å². The molecule has 2 unspecified atom stereocenters. The van der Waals surface area contributed by atoms with Crippen molar-refractivity contribution in [3.8, 4) is 0 Å². The zero-order valence-corrected chi connectivity index (χ0v) is 11.4. The van der Waals surface area contributed by atoms with Gasteiger partial charge in [0.15, 0.2) is 0 Å². The van der Waals surface area contributed by atoms with Crippen molar-refractivity contribution < 1.29 is 4.48 Å². The largest absolute Gasteiger partial charge is 0.321 e. The number of nitrogens with zero attached hydrogens (tertiary/aromatic N) is 1. The van der Waals surface area contributed by atoms with Crippen LogP contribution in [0.15, 0.2) is 0 Å². The minimum absolute atomic E-state index is 0.915. The zero-order chi connectivity index (χ0) is 11.4. The molecule has 2 atom stereocenters. The normalized spacial score (nSPS) is 39.0. The summed E-state index contributed by atoms with van der Waals surface area (Å²) in [5.74, 6) is 0. The Morgan fingerprint density at radius 3 is 1.94 bits per heavy atom. The summed E-state index contributed by atoms with van der Waals surface area (Å²) < 4.78 is 1.40. The van der Waals surface area contributed by atoms with Gasteiger partial charge in [-0.15, -0.1) is 0 Å². The van der Waals surface area contributed by atoms with E-state index in [9.17, 15) is 0 Å². The summed E-state index contributed by atoms with van der Waals surface area (Å²) >= 11 is 0. The first-order valence-electron chi connectivity index (χ1n) is 7.58. The number of hydrogen-bond donors (Lipinski definition) is 0. The maximum atomic E-state index is 2.55. The van der Waals surface area contributed by atoms with E-state index in [2.05, 4.69) is 14.0 Å². The number of piperidine rings is 1. The predicted molar refractivity (Wildman–Crippen MR) is 70.5 cm³/mol. The molecular weight excluding hydrogens is 194 g/mol. The Balaban J connectivity index is 2.01. The molecule has 0 bridgehead atoms. The van der Waals surface area contributed by atoms with Crippen LogP contribution in [0.3, 0.4) is 0 Å². The van der Waals surface area contributed by atoms with Gasteiger partial charge in [0, 0.05) is 0 Å². The van der Waals surface area contributed by atoms with Crippen LogP contribution in [-0.4, -0.2) is 30.2 Å². The molecule has 0 N–H and O–H groups in total. The Morgan fingerprint density at radius 2 is 1.31 bits per heavy atom. The van der Waals surface area contributed by atoms with Crippen molar-refractivity contribution in [1.82, 2.24) is 0 Å². The van der Waals surface area contributed by atoms with Gasteiger partial charge in [0.25, 0.3) is 0 Å². The molecule has 0 spiro atoms. The van der Waals surface area contributed by atoms with Crippen LogP contribution in [0, 0.1) is 0 Å². The molecule has 0 aromatic heterocycles. The number of likely N-dealkylation sites (tertiary alicyclic amines) is 1. The highest BCUT2D eigenvalue weighted by molar-refractivity contribution is 4.70. The molecule has 1 heterocycles. The third-order valence-corrected chi connectivity index (χ3v) is 5.43. The van der Waals surface area contributed by atoms with Gasteiger partial charge in [-0.1, -0.05) is 19.3 Å². The average molecular weight is 224 g/mol. The molecule has 0 amide bonds. The van der Waals surface area contributed by atoms with Crippen molar-refractivity contribution in [3.63, 3.8) is 0 Å². The Labute approximate surface area is 102 Å². The Kier molecular flexibility index (Phi) is 4.29. The minimum atomic E-state index is 0.915. The first kappa shape index (κ1) is 12.4. The summed E-state index contributed by atoms with van der Waals surface area (Å²) in [6.45, 7) is 3.95. The van der Waals surface area contributed by atoms with Crippen LogP contribution in [0.5, 0.6) is 0 Å². The number of rotatable bonds is 1. The lowest BCUT2D eigenvalue weighted by Gasteiger charge is -2.49. The van der Waals surface area contributed by atoms with Crippen molar-refractivity contribution in [2.45, 2.75) is 83.2 Å². The van der Waals surface area contributed by atoms with Crippen molar-refractivity contribution in [3.05, 3.63) is 0 Å². The van der Waals surface area contributed by atoms with E-state index in [1.807, 2.05) is 0 Å². The van der Waals surface area contributed by atoms with Gasteiger partial charge in [0.2, 0.25) is 0 Å². The molecule has 0 aromatic carbocycles. The fourth-order valence-corrected chi connectivity index (χ4v) is 3.97. The highest BCUT2D eigenvalue weighted by Gasteiger charge is 2.38. The van der Waals surface area contributed by atoms with Gasteiger partial charge in [-0.3, -0.25) is 0 Å². The van der Waals surface area contributed by atoms with Crippen LogP contribution >= 0.6 is 0 Å². The van der Waals surface area contributed by atoms with E-state index < -0.39 is 0 Å². The van der Waals surface area contributed by atoms with Gasteiger partial charge in [-0.05, 0) is 51.9 Å². The first-order valence-corrected chi connectivity index (χ1v) is 7.58. The highest BCUT2D eigenvalue weighted by Crippen LogP contribution is 2.33. The lowest BCUT2D eigenvalue weighted by Crippen LogP contribution is -2.59. The van der Waals surface area contributed by atoms with Crippen molar-refractivity contribution in [2.75, 3.05) is 13.6 Å². The van der Waals surface area contributed by atoms with Gasteiger partial charge in [0.05, 0.1) is 25.7 Å². The molecule has 1 aliphatic carbocycles. The maximum absolute atomic E-state index is 2.55. The van der Waals surface area contributed by atoms with E-state index in [0.717, 1.165) is 12.1 Å². The quantitative estimate of drug-likeness (QED) is 0.588. The van der Waals surface area contributed by atoms with Crippen LogP contribution < -0.4 is 0 Å². The average Bonchev–Trinajstić information content (AvgIpc) is 2.22. The van der Waals surface area contributed by atoms with Crippen molar-refractivity contribution in [1.29, 1.82) is 0 Å². The Bertz CT molecular complexity index is 205. The van der Waals surface area contributed by atoms with Gasteiger partial charge in [-0.25, -0.2) is 0 Å². The fraction of sp³-hybridized carbons (Fsp3) is 1.00. The Morgan fingerprint density at radius 1 is 0.750 bits per heavy atom. The monoisotopic (exact) mass is 224 g/mol. The van der Waals surface area contributed by atoms with Crippen LogP contribution in [0.1, 0.15) is 71.1 Å². The lowest BCUT2D eigenvalue weighted by molar-refractivity contribution is -0.959. The lowest BCUT2D eigenvalue weighted by atomic mass is 9.89. The second-order valence-corrected chi connectivity index (χ2v) is 6.41. The second-order valence-electron chi connectivity index (χ2n) is 6.41. The summed E-state index contributed by atoms with van der Waals surface area (Å²) in [5, 5.41) is 0.